The molecule has 0 saturated carbocycles. The summed E-state index contributed by atoms with van der Waals surface area (Å²) in [5.41, 5.74) is 0.351. The Morgan fingerprint density at radius 2 is 2.28 bits per heavy atom. The van der Waals surface area contributed by atoms with Crippen LogP contribution >= 0.6 is 15.9 Å². The third kappa shape index (κ3) is 2.38. The van der Waals surface area contributed by atoms with E-state index in [1.54, 1.807) is 31.3 Å². The maximum absolute atomic E-state index is 11.8. The van der Waals surface area contributed by atoms with Gasteiger partial charge < -0.3 is 14.1 Å². The van der Waals surface area contributed by atoms with Crippen molar-refractivity contribution in [3.63, 3.8) is 0 Å². The molecule has 2 aromatic rings. The topological polar surface area (TPSA) is 72.4 Å². The van der Waals surface area contributed by atoms with Gasteiger partial charge in [0, 0.05) is 11.8 Å². The summed E-state index contributed by atoms with van der Waals surface area (Å²) in [6.45, 7) is 1.85. The summed E-state index contributed by atoms with van der Waals surface area (Å²) in [5.74, 6) is -0.765. The molecule has 2 rings (SSSR count). The van der Waals surface area contributed by atoms with Crippen LogP contribution in [0.4, 0.5) is 0 Å². The number of aryl methyl sites for hydroxylation is 1. The first kappa shape index (κ1) is 12.6. The molecular formula is C12H10BrNO4. The van der Waals surface area contributed by atoms with Crippen molar-refractivity contribution in [2.75, 3.05) is 0 Å². The van der Waals surface area contributed by atoms with Gasteiger partial charge in [-0.25, -0.2) is 4.79 Å². The molecule has 5 nitrogen and oxygen atoms in total. The first-order chi connectivity index (χ1) is 8.49. The number of pyridine rings is 1. The van der Waals surface area contributed by atoms with E-state index in [0.29, 0.717) is 15.8 Å². The first-order valence-corrected chi connectivity index (χ1v) is 5.96. The van der Waals surface area contributed by atoms with Gasteiger partial charge in [0.05, 0.1) is 11.0 Å². The Bertz CT molecular complexity index is 656. The van der Waals surface area contributed by atoms with Gasteiger partial charge in [-0.15, -0.1) is 0 Å². The second kappa shape index (κ2) is 4.81. The highest BCUT2D eigenvalue weighted by atomic mass is 79.9. The predicted octanol–water partition coefficient (Wildman–Crippen LogP) is 2.26. The summed E-state index contributed by atoms with van der Waals surface area (Å²) in [6.07, 6.45) is 1.62. The second-order valence-electron chi connectivity index (χ2n) is 3.82. The number of halogens is 1. The van der Waals surface area contributed by atoms with Gasteiger partial charge in [0.1, 0.15) is 5.76 Å². The molecule has 0 saturated heterocycles. The van der Waals surface area contributed by atoms with Crippen LogP contribution in [-0.4, -0.2) is 15.6 Å². The Kier molecular flexibility index (Phi) is 3.38. The lowest BCUT2D eigenvalue weighted by Gasteiger charge is -2.02. The van der Waals surface area contributed by atoms with Gasteiger partial charge in [0.15, 0.2) is 0 Å². The van der Waals surface area contributed by atoms with Crippen molar-refractivity contribution in [1.82, 2.24) is 4.57 Å². The van der Waals surface area contributed by atoms with E-state index in [0.717, 1.165) is 0 Å². The van der Waals surface area contributed by atoms with Gasteiger partial charge in [0.25, 0.3) is 5.56 Å². The lowest BCUT2D eigenvalue weighted by atomic mass is 10.2. The van der Waals surface area contributed by atoms with Crippen LogP contribution in [0, 0.1) is 6.92 Å². The summed E-state index contributed by atoms with van der Waals surface area (Å²) < 4.78 is 7.09. The van der Waals surface area contributed by atoms with E-state index in [-0.39, 0.29) is 17.9 Å². The van der Waals surface area contributed by atoms with Crippen molar-refractivity contribution in [3.05, 3.63) is 56.3 Å². The number of aromatic carboxylic acids is 1. The Balaban J connectivity index is 2.35. The van der Waals surface area contributed by atoms with Crippen LogP contribution in [0.25, 0.3) is 0 Å². The van der Waals surface area contributed by atoms with Gasteiger partial charge >= 0.3 is 5.97 Å². The lowest BCUT2D eigenvalue weighted by molar-refractivity contribution is 0.0659. The zero-order valence-corrected chi connectivity index (χ0v) is 11.1. The van der Waals surface area contributed by atoms with E-state index in [1.807, 2.05) is 0 Å². The fraction of sp³-hybridized carbons (Fsp3) is 0.167. The molecule has 0 aliphatic rings. The van der Waals surface area contributed by atoms with Gasteiger partial charge in [-0.05, 0) is 41.1 Å². The molecule has 1 N–H and O–H groups in total. The number of hydrogen-bond acceptors (Lipinski definition) is 3. The van der Waals surface area contributed by atoms with Crippen molar-refractivity contribution < 1.29 is 14.3 Å². The molecular weight excluding hydrogens is 302 g/mol. The van der Waals surface area contributed by atoms with E-state index in [1.165, 1.54) is 4.57 Å². The Morgan fingerprint density at radius 3 is 2.89 bits per heavy atom. The maximum atomic E-state index is 11.8. The number of rotatable bonds is 3. The molecule has 0 aliphatic carbocycles. The van der Waals surface area contributed by atoms with Gasteiger partial charge in [-0.1, -0.05) is 0 Å². The van der Waals surface area contributed by atoms with Crippen molar-refractivity contribution >= 4 is 21.9 Å². The SMILES string of the molecule is Cc1cc(Cn2cccc(Br)c2=O)oc1C(=O)O. The van der Waals surface area contributed by atoms with E-state index in [4.69, 9.17) is 9.52 Å². The molecule has 0 spiro atoms. The minimum atomic E-state index is -1.11. The first-order valence-electron chi connectivity index (χ1n) is 5.16. The number of carboxylic acid groups (broad SMARTS) is 1. The van der Waals surface area contributed by atoms with Crippen LogP contribution in [-0.2, 0) is 6.54 Å². The van der Waals surface area contributed by atoms with Gasteiger partial charge in [0.2, 0.25) is 5.76 Å². The molecule has 2 aromatic heterocycles. The van der Waals surface area contributed by atoms with Crippen LogP contribution in [0.3, 0.4) is 0 Å². The van der Waals surface area contributed by atoms with E-state index in [2.05, 4.69) is 15.9 Å². The fourth-order valence-electron chi connectivity index (χ4n) is 1.64. The Labute approximate surface area is 111 Å². The van der Waals surface area contributed by atoms with Crippen LogP contribution in [0.15, 0.2) is 38.1 Å². The van der Waals surface area contributed by atoms with Crippen LogP contribution in [0.5, 0.6) is 0 Å². The number of aromatic nitrogens is 1. The third-order valence-corrected chi connectivity index (χ3v) is 3.07. The van der Waals surface area contributed by atoms with Crippen molar-refractivity contribution in [2.45, 2.75) is 13.5 Å². The van der Waals surface area contributed by atoms with E-state index < -0.39 is 5.97 Å². The minimum absolute atomic E-state index is 0.0898. The number of carboxylic acids is 1. The standard InChI is InChI=1S/C12H10BrNO4/c1-7-5-8(18-10(7)12(16)17)6-14-4-2-3-9(13)11(14)15/h2-5H,6H2,1H3,(H,16,17). The quantitative estimate of drug-likeness (QED) is 0.943. The smallest absolute Gasteiger partial charge is 0.372 e. The van der Waals surface area contributed by atoms with Crippen molar-refractivity contribution in [2.24, 2.45) is 0 Å². The average molecular weight is 312 g/mol. The van der Waals surface area contributed by atoms with Gasteiger partial charge in [-0.2, -0.15) is 0 Å². The molecule has 0 amide bonds. The summed E-state index contributed by atoms with van der Waals surface area (Å²) in [4.78, 5) is 22.6. The Morgan fingerprint density at radius 1 is 1.56 bits per heavy atom. The Hall–Kier alpha value is -1.82. The number of nitrogens with zero attached hydrogens (tertiary/aromatic N) is 1. The van der Waals surface area contributed by atoms with Crippen molar-refractivity contribution in [1.29, 1.82) is 0 Å². The van der Waals surface area contributed by atoms with E-state index >= 15 is 0 Å². The second-order valence-corrected chi connectivity index (χ2v) is 4.67. The van der Waals surface area contributed by atoms with Crippen LogP contribution in [0.2, 0.25) is 0 Å². The molecule has 0 radical (unpaired) electrons. The number of furan rings is 1. The minimum Gasteiger partial charge on any atom is -0.475 e. The largest absolute Gasteiger partial charge is 0.475 e. The maximum Gasteiger partial charge on any atom is 0.372 e. The third-order valence-electron chi connectivity index (χ3n) is 2.46. The molecule has 2 heterocycles. The van der Waals surface area contributed by atoms with Crippen LogP contribution in [0.1, 0.15) is 21.9 Å². The van der Waals surface area contributed by atoms with Crippen molar-refractivity contribution in [3.8, 4) is 0 Å². The summed E-state index contributed by atoms with van der Waals surface area (Å²) >= 11 is 3.14. The number of carbonyl (C=O) groups is 1. The monoisotopic (exact) mass is 311 g/mol. The van der Waals surface area contributed by atoms with Gasteiger partial charge in [-0.3, -0.25) is 4.79 Å². The molecule has 94 valence electrons. The molecule has 0 bridgehead atoms. The summed E-state index contributed by atoms with van der Waals surface area (Å²) in [7, 11) is 0. The molecule has 0 fully saturated rings. The van der Waals surface area contributed by atoms with E-state index in [9.17, 15) is 9.59 Å². The highest BCUT2D eigenvalue weighted by Gasteiger charge is 2.14. The summed E-state index contributed by atoms with van der Waals surface area (Å²) in [5, 5.41) is 8.87. The molecule has 0 aromatic carbocycles. The van der Waals surface area contributed by atoms with Crippen LogP contribution < -0.4 is 5.56 Å². The highest BCUT2D eigenvalue weighted by Crippen LogP contribution is 2.15. The average Bonchev–Trinajstić information content (AvgIpc) is 2.66. The molecule has 18 heavy (non-hydrogen) atoms. The molecule has 6 heteroatoms. The predicted molar refractivity (Wildman–Crippen MR) is 67.9 cm³/mol. The zero-order chi connectivity index (χ0) is 13.3. The molecule has 0 atom stereocenters. The zero-order valence-electron chi connectivity index (χ0n) is 9.51. The lowest BCUT2D eigenvalue weighted by Crippen LogP contribution is -2.19. The molecule has 0 aliphatic heterocycles. The number of hydrogen-bond donors (Lipinski definition) is 1. The normalized spacial score (nSPS) is 10.6. The highest BCUT2D eigenvalue weighted by molar-refractivity contribution is 9.10. The summed E-state index contributed by atoms with van der Waals surface area (Å²) in [6, 6.07) is 4.99. The molecule has 0 unspecified atom stereocenters. The fourth-order valence-corrected chi connectivity index (χ4v) is 2.02.